The molecular formula is C13H20BrNO. The molecule has 0 saturated carbocycles. The maximum atomic E-state index is 9.38. The maximum Gasteiger partial charge on any atom is 0.0635 e. The minimum absolute atomic E-state index is 0.134. The van der Waals surface area contributed by atoms with Crippen molar-refractivity contribution in [2.45, 2.75) is 32.7 Å². The highest BCUT2D eigenvalue weighted by atomic mass is 79.9. The van der Waals surface area contributed by atoms with Gasteiger partial charge in [0.1, 0.15) is 0 Å². The van der Waals surface area contributed by atoms with E-state index in [2.05, 4.69) is 35.1 Å². The lowest BCUT2D eigenvalue weighted by atomic mass is 9.97. The number of benzene rings is 1. The van der Waals surface area contributed by atoms with Gasteiger partial charge in [-0.15, -0.1) is 0 Å². The van der Waals surface area contributed by atoms with Crippen LogP contribution in [0.4, 0.5) is 5.69 Å². The highest BCUT2D eigenvalue weighted by molar-refractivity contribution is 9.10. The van der Waals surface area contributed by atoms with E-state index in [9.17, 15) is 5.11 Å². The van der Waals surface area contributed by atoms with Gasteiger partial charge in [0.05, 0.1) is 12.6 Å². The zero-order chi connectivity index (χ0) is 12.0. The van der Waals surface area contributed by atoms with Gasteiger partial charge in [-0.05, 0) is 30.5 Å². The fourth-order valence-electron chi connectivity index (χ4n) is 1.82. The molecule has 0 amide bonds. The van der Waals surface area contributed by atoms with Gasteiger partial charge in [-0.25, -0.2) is 0 Å². The van der Waals surface area contributed by atoms with Crippen molar-refractivity contribution in [3.8, 4) is 0 Å². The van der Waals surface area contributed by atoms with E-state index in [1.165, 1.54) is 0 Å². The Morgan fingerprint density at radius 2 is 2.19 bits per heavy atom. The van der Waals surface area contributed by atoms with Crippen LogP contribution in [0.25, 0.3) is 0 Å². The lowest BCUT2D eigenvalue weighted by Crippen LogP contribution is -2.31. The Bertz CT molecular complexity index is 317. The summed E-state index contributed by atoms with van der Waals surface area (Å²) in [6, 6.07) is 8.17. The van der Waals surface area contributed by atoms with Gasteiger partial charge in [0.15, 0.2) is 0 Å². The van der Waals surface area contributed by atoms with Crippen LogP contribution in [0.15, 0.2) is 28.7 Å². The van der Waals surface area contributed by atoms with Crippen LogP contribution in [0.5, 0.6) is 0 Å². The Hall–Kier alpha value is -0.540. The molecule has 0 spiro atoms. The lowest BCUT2D eigenvalue weighted by molar-refractivity contribution is 0.238. The van der Waals surface area contributed by atoms with Crippen molar-refractivity contribution in [1.29, 1.82) is 0 Å². The molecule has 0 saturated heterocycles. The number of anilines is 1. The predicted molar refractivity (Wildman–Crippen MR) is 72.7 cm³/mol. The van der Waals surface area contributed by atoms with Crippen LogP contribution >= 0.6 is 15.9 Å². The molecule has 0 heterocycles. The second-order valence-corrected chi connectivity index (χ2v) is 5.13. The summed E-state index contributed by atoms with van der Waals surface area (Å²) >= 11 is 3.44. The van der Waals surface area contributed by atoms with Gasteiger partial charge < -0.3 is 10.4 Å². The summed E-state index contributed by atoms with van der Waals surface area (Å²) < 4.78 is 1.05. The molecule has 1 rings (SSSR count). The number of hydrogen-bond donors (Lipinski definition) is 2. The molecule has 0 aliphatic heterocycles. The standard InChI is InChI=1S/C13H20BrNO/c1-3-5-10(2)13(9-16)15-12-7-4-6-11(14)8-12/h4,6-8,10,13,15-16H,3,5,9H2,1-2H3. The Morgan fingerprint density at radius 3 is 2.75 bits per heavy atom. The zero-order valence-electron chi connectivity index (χ0n) is 9.91. The fraction of sp³-hybridized carbons (Fsp3) is 0.538. The molecule has 2 N–H and O–H groups in total. The summed E-state index contributed by atoms with van der Waals surface area (Å²) in [6.07, 6.45) is 2.28. The molecule has 1 aromatic rings. The monoisotopic (exact) mass is 285 g/mol. The summed E-state index contributed by atoms with van der Waals surface area (Å²) in [5.74, 6) is 0.481. The van der Waals surface area contributed by atoms with Crippen LogP contribution < -0.4 is 5.32 Å². The predicted octanol–water partition coefficient (Wildman–Crippen LogP) is 3.66. The van der Waals surface area contributed by atoms with E-state index in [1.807, 2.05) is 24.3 Å². The van der Waals surface area contributed by atoms with Crippen molar-refractivity contribution in [2.24, 2.45) is 5.92 Å². The Balaban J connectivity index is 2.62. The van der Waals surface area contributed by atoms with Crippen LogP contribution in [0.3, 0.4) is 0 Å². The molecular weight excluding hydrogens is 266 g/mol. The highest BCUT2D eigenvalue weighted by Crippen LogP contribution is 2.19. The van der Waals surface area contributed by atoms with E-state index >= 15 is 0 Å². The summed E-state index contributed by atoms with van der Waals surface area (Å²) in [7, 11) is 0. The van der Waals surface area contributed by atoms with Gasteiger partial charge in [0.25, 0.3) is 0 Å². The molecule has 1 aromatic carbocycles. The van der Waals surface area contributed by atoms with Crippen LogP contribution in [-0.2, 0) is 0 Å². The molecule has 0 fully saturated rings. The zero-order valence-corrected chi connectivity index (χ0v) is 11.5. The Kier molecular flexibility index (Phi) is 5.85. The molecule has 2 unspecified atom stereocenters. The van der Waals surface area contributed by atoms with E-state index in [-0.39, 0.29) is 12.6 Å². The smallest absolute Gasteiger partial charge is 0.0635 e. The van der Waals surface area contributed by atoms with Gasteiger partial charge in [0, 0.05) is 10.2 Å². The second-order valence-electron chi connectivity index (χ2n) is 4.21. The number of rotatable bonds is 6. The van der Waals surface area contributed by atoms with Crippen molar-refractivity contribution in [3.63, 3.8) is 0 Å². The SMILES string of the molecule is CCCC(C)C(CO)Nc1cccc(Br)c1. The molecule has 90 valence electrons. The minimum atomic E-state index is 0.134. The van der Waals surface area contributed by atoms with E-state index in [0.717, 1.165) is 23.0 Å². The summed E-state index contributed by atoms with van der Waals surface area (Å²) in [5.41, 5.74) is 1.05. The average molecular weight is 286 g/mol. The molecule has 2 nitrogen and oxygen atoms in total. The molecule has 3 heteroatoms. The van der Waals surface area contributed by atoms with Gasteiger partial charge in [-0.3, -0.25) is 0 Å². The first-order valence-electron chi connectivity index (χ1n) is 5.80. The van der Waals surface area contributed by atoms with Crippen LogP contribution in [-0.4, -0.2) is 17.8 Å². The Morgan fingerprint density at radius 1 is 1.44 bits per heavy atom. The molecule has 2 atom stereocenters. The van der Waals surface area contributed by atoms with E-state index in [4.69, 9.17) is 0 Å². The van der Waals surface area contributed by atoms with E-state index < -0.39 is 0 Å². The fourth-order valence-corrected chi connectivity index (χ4v) is 2.22. The topological polar surface area (TPSA) is 32.3 Å². The molecule has 0 aromatic heterocycles. The molecule has 16 heavy (non-hydrogen) atoms. The van der Waals surface area contributed by atoms with Crippen molar-refractivity contribution >= 4 is 21.6 Å². The van der Waals surface area contributed by atoms with E-state index in [1.54, 1.807) is 0 Å². The molecule has 0 bridgehead atoms. The number of halogens is 1. The van der Waals surface area contributed by atoms with Gasteiger partial charge >= 0.3 is 0 Å². The maximum absolute atomic E-state index is 9.38. The minimum Gasteiger partial charge on any atom is -0.394 e. The number of nitrogens with one attached hydrogen (secondary N) is 1. The first kappa shape index (κ1) is 13.5. The normalized spacial score (nSPS) is 14.5. The van der Waals surface area contributed by atoms with Crippen molar-refractivity contribution < 1.29 is 5.11 Å². The van der Waals surface area contributed by atoms with E-state index in [0.29, 0.717) is 5.92 Å². The first-order chi connectivity index (χ1) is 7.67. The van der Waals surface area contributed by atoms with Crippen LogP contribution in [0.2, 0.25) is 0 Å². The largest absolute Gasteiger partial charge is 0.394 e. The van der Waals surface area contributed by atoms with Crippen LogP contribution in [0, 0.1) is 5.92 Å². The third kappa shape index (κ3) is 4.14. The van der Waals surface area contributed by atoms with Crippen LogP contribution in [0.1, 0.15) is 26.7 Å². The van der Waals surface area contributed by atoms with Gasteiger partial charge in [0.2, 0.25) is 0 Å². The highest BCUT2D eigenvalue weighted by Gasteiger charge is 2.15. The Labute approximate surface area is 106 Å². The molecule has 0 radical (unpaired) electrons. The number of aliphatic hydroxyl groups excluding tert-OH is 1. The van der Waals surface area contributed by atoms with Gasteiger partial charge in [-0.1, -0.05) is 42.3 Å². The molecule has 0 aliphatic carbocycles. The number of aliphatic hydroxyl groups is 1. The van der Waals surface area contributed by atoms with Crippen molar-refractivity contribution in [2.75, 3.05) is 11.9 Å². The third-order valence-electron chi connectivity index (χ3n) is 2.80. The second kappa shape index (κ2) is 6.92. The number of hydrogen-bond acceptors (Lipinski definition) is 2. The summed E-state index contributed by atoms with van der Waals surface area (Å²) in [6.45, 7) is 4.52. The van der Waals surface area contributed by atoms with Crippen molar-refractivity contribution in [3.05, 3.63) is 28.7 Å². The summed E-state index contributed by atoms with van der Waals surface area (Å²) in [4.78, 5) is 0. The molecule has 0 aliphatic rings. The quantitative estimate of drug-likeness (QED) is 0.836. The summed E-state index contributed by atoms with van der Waals surface area (Å²) in [5, 5.41) is 12.8. The first-order valence-corrected chi connectivity index (χ1v) is 6.59. The average Bonchev–Trinajstić information content (AvgIpc) is 2.26. The lowest BCUT2D eigenvalue weighted by Gasteiger charge is -2.24. The van der Waals surface area contributed by atoms with Crippen molar-refractivity contribution in [1.82, 2.24) is 0 Å². The van der Waals surface area contributed by atoms with Gasteiger partial charge in [-0.2, -0.15) is 0 Å². The third-order valence-corrected chi connectivity index (χ3v) is 3.30.